The molecule has 1 atom stereocenters. The Morgan fingerprint density at radius 1 is 1.27 bits per heavy atom. The van der Waals surface area contributed by atoms with Crippen molar-refractivity contribution in [3.63, 3.8) is 0 Å². The first-order chi connectivity index (χ1) is 6.99. The number of hydrogen-bond acceptors (Lipinski definition) is 3. The van der Waals surface area contributed by atoms with Gasteiger partial charge in [-0.25, -0.2) is 0 Å². The van der Waals surface area contributed by atoms with Gasteiger partial charge < -0.3 is 9.84 Å². The molecule has 0 rings (SSSR count). The van der Waals surface area contributed by atoms with Crippen molar-refractivity contribution in [2.45, 2.75) is 40.5 Å². The van der Waals surface area contributed by atoms with Gasteiger partial charge in [-0.2, -0.15) is 0 Å². The van der Waals surface area contributed by atoms with Gasteiger partial charge in [0, 0.05) is 13.0 Å². The zero-order valence-electron chi connectivity index (χ0n) is 10.3. The number of ether oxygens (including phenoxy) is 1. The molecule has 90 valence electrons. The monoisotopic (exact) mass is 216 g/mol. The van der Waals surface area contributed by atoms with Gasteiger partial charge in [-0.1, -0.05) is 27.7 Å². The summed E-state index contributed by atoms with van der Waals surface area (Å²) in [5.41, 5.74) is 0. The summed E-state index contributed by atoms with van der Waals surface area (Å²) in [6.45, 7) is 8.70. The molecule has 0 radical (unpaired) electrons. The topological polar surface area (TPSA) is 46.5 Å². The summed E-state index contributed by atoms with van der Waals surface area (Å²) in [5.74, 6) is 0.688. The molecule has 0 heterocycles. The first kappa shape index (κ1) is 14.4. The maximum Gasteiger partial charge on any atom is 0.309 e. The summed E-state index contributed by atoms with van der Waals surface area (Å²) >= 11 is 0. The molecular weight excluding hydrogens is 192 g/mol. The predicted octanol–water partition coefficient (Wildman–Crippen LogP) is 2.23. The highest BCUT2D eigenvalue weighted by Crippen LogP contribution is 2.21. The quantitative estimate of drug-likeness (QED) is 0.524. The molecular formula is C12H24O3. The van der Waals surface area contributed by atoms with Gasteiger partial charge in [-0.05, 0) is 18.3 Å². The Morgan fingerprint density at radius 3 is 2.27 bits per heavy atom. The van der Waals surface area contributed by atoms with Gasteiger partial charge in [0.1, 0.15) is 0 Å². The zero-order valence-corrected chi connectivity index (χ0v) is 10.3. The molecule has 0 aliphatic carbocycles. The van der Waals surface area contributed by atoms with Gasteiger partial charge in [0.25, 0.3) is 0 Å². The largest absolute Gasteiger partial charge is 0.465 e. The third kappa shape index (κ3) is 6.50. The van der Waals surface area contributed by atoms with E-state index in [2.05, 4.69) is 13.8 Å². The summed E-state index contributed by atoms with van der Waals surface area (Å²) in [5, 5.41) is 8.58. The Hall–Kier alpha value is -0.570. The summed E-state index contributed by atoms with van der Waals surface area (Å²) in [7, 11) is 0. The van der Waals surface area contributed by atoms with Crippen molar-refractivity contribution in [3.05, 3.63) is 0 Å². The van der Waals surface area contributed by atoms with Crippen LogP contribution in [0.2, 0.25) is 0 Å². The maximum absolute atomic E-state index is 11.7. The molecule has 0 fully saturated rings. The smallest absolute Gasteiger partial charge is 0.309 e. The van der Waals surface area contributed by atoms with E-state index in [1.54, 1.807) is 0 Å². The predicted molar refractivity (Wildman–Crippen MR) is 60.4 cm³/mol. The van der Waals surface area contributed by atoms with Crippen LogP contribution in [-0.2, 0) is 9.53 Å². The molecule has 0 aliphatic rings. The molecule has 1 N–H and O–H groups in total. The van der Waals surface area contributed by atoms with E-state index in [0.717, 1.165) is 6.42 Å². The van der Waals surface area contributed by atoms with Crippen LogP contribution in [0.15, 0.2) is 0 Å². The average Bonchev–Trinajstić information content (AvgIpc) is 2.13. The van der Waals surface area contributed by atoms with E-state index >= 15 is 0 Å². The van der Waals surface area contributed by atoms with E-state index in [9.17, 15) is 4.79 Å². The summed E-state index contributed by atoms with van der Waals surface area (Å²) in [6.07, 6.45) is 1.40. The van der Waals surface area contributed by atoms with Crippen molar-refractivity contribution in [3.8, 4) is 0 Å². The average molecular weight is 216 g/mol. The van der Waals surface area contributed by atoms with Crippen LogP contribution in [0.3, 0.4) is 0 Å². The van der Waals surface area contributed by atoms with E-state index < -0.39 is 0 Å². The van der Waals surface area contributed by atoms with Gasteiger partial charge in [-0.3, -0.25) is 4.79 Å². The van der Waals surface area contributed by atoms with Crippen molar-refractivity contribution < 1.29 is 14.6 Å². The molecule has 0 amide bonds. The molecule has 0 spiro atoms. The standard InChI is InChI=1S/C12H24O3/c1-9(2)8-11(10(3)4)12(14)15-7-5-6-13/h9-11,13H,5-8H2,1-4H3. The zero-order chi connectivity index (χ0) is 11.8. The van der Waals surface area contributed by atoms with Crippen molar-refractivity contribution in [2.24, 2.45) is 17.8 Å². The Kier molecular flexibility index (Phi) is 7.39. The lowest BCUT2D eigenvalue weighted by Gasteiger charge is -2.21. The fourth-order valence-corrected chi connectivity index (χ4v) is 1.49. The van der Waals surface area contributed by atoms with Crippen molar-refractivity contribution in [1.82, 2.24) is 0 Å². The fraction of sp³-hybridized carbons (Fsp3) is 0.917. The molecule has 0 aromatic heterocycles. The maximum atomic E-state index is 11.7. The van der Waals surface area contributed by atoms with Crippen LogP contribution in [0.1, 0.15) is 40.5 Å². The Labute approximate surface area is 92.8 Å². The number of esters is 1. The Bertz CT molecular complexity index is 176. The molecule has 15 heavy (non-hydrogen) atoms. The minimum Gasteiger partial charge on any atom is -0.465 e. The van der Waals surface area contributed by atoms with E-state index in [1.807, 2.05) is 13.8 Å². The molecule has 0 bridgehead atoms. The van der Waals surface area contributed by atoms with Crippen LogP contribution < -0.4 is 0 Å². The lowest BCUT2D eigenvalue weighted by atomic mass is 9.88. The third-order valence-electron chi connectivity index (χ3n) is 2.38. The molecule has 0 aromatic rings. The van der Waals surface area contributed by atoms with Gasteiger partial charge >= 0.3 is 5.97 Å². The normalized spacial score (nSPS) is 13.3. The minimum absolute atomic E-state index is 0.0105. The summed E-state index contributed by atoms with van der Waals surface area (Å²) < 4.78 is 5.11. The first-order valence-electron chi connectivity index (χ1n) is 5.76. The van der Waals surface area contributed by atoms with Gasteiger partial charge in [0.15, 0.2) is 0 Å². The van der Waals surface area contributed by atoms with Crippen molar-refractivity contribution >= 4 is 5.97 Å². The van der Waals surface area contributed by atoms with Crippen LogP contribution in [-0.4, -0.2) is 24.3 Å². The lowest BCUT2D eigenvalue weighted by molar-refractivity contribution is -0.151. The second-order valence-electron chi connectivity index (χ2n) is 4.72. The van der Waals surface area contributed by atoms with Gasteiger partial charge in [0.2, 0.25) is 0 Å². The number of hydrogen-bond donors (Lipinski definition) is 1. The fourth-order valence-electron chi connectivity index (χ4n) is 1.49. The molecule has 3 heteroatoms. The second-order valence-corrected chi connectivity index (χ2v) is 4.72. The van der Waals surface area contributed by atoms with Gasteiger partial charge in [0.05, 0.1) is 12.5 Å². The van der Waals surface area contributed by atoms with Crippen LogP contribution in [0, 0.1) is 17.8 Å². The van der Waals surface area contributed by atoms with E-state index in [0.29, 0.717) is 24.9 Å². The summed E-state index contributed by atoms with van der Waals surface area (Å²) in [4.78, 5) is 11.7. The van der Waals surface area contributed by atoms with Gasteiger partial charge in [-0.15, -0.1) is 0 Å². The second kappa shape index (κ2) is 7.69. The molecule has 1 unspecified atom stereocenters. The molecule has 0 aliphatic heterocycles. The number of carbonyl (C=O) groups excluding carboxylic acids is 1. The molecule has 0 aromatic carbocycles. The summed E-state index contributed by atoms with van der Waals surface area (Å²) in [6, 6.07) is 0. The molecule has 3 nitrogen and oxygen atoms in total. The van der Waals surface area contributed by atoms with Crippen molar-refractivity contribution in [1.29, 1.82) is 0 Å². The highest BCUT2D eigenvalue weighted by atomic mass is 16.5. The minimum atomic E-state index is -0.118. The number of aliphatic hydroxyl groups is 1. The lowest BCUT2D eigenvalue weighted by Crippen LogP contribution is -2.25. The van der Waals surface area contributed by atoms with Crippen molar-refractivity contribution in [2.75, 3.05) is 13.2 Å². The van der Waals surface area contributed by atoms with E-state index in [-0.39, 0.29) is 18.5 Å². The first-order valence-corrected chi connectivity index (χ1v) is 5.76. The number of carbonyl (C=O) groups is 1. The van der Waals surface area contributed by atoms with Crippen LogP contribution >= 0.6 is 0 Å². The highest BCUT2D eigenvalue weighted by molar-refractivity contribution is 5.72. The molecule has 0 saturated heterocycles. The van der Waals surface area contributed by atoms with E-state index in [4.69, 9.17) is 9.84 Å². The van der Waals surface area contributed by atoms with E-state index in [1.165, 1.54) is 0 Å². The van der Waals surface area contributed by atoms with Crippen LogP contribution in [0.5, 0.6) is 0 Å². The molecule has 0 saturated carbocycles. The number of aliphatic hydroxyl groups excluding tert-OH is 1. The van der Waals surface area contributed by atoms with Crippen LogP contribution in [0.4, 0.5) is 0 Å². The highest BCUT2D eigenvalue weighted by Gasteiger charge is 2.24. The SMILES string of the molecule is CC(C)CC(C(=O)OCCCO)C(C)C. The Morgan fingerprint density at radius 2 is 1.87 bits per heavy atom. The van der Waals surface area contributed by atoms with Crippen LogP contribution in [0.25, 0.3) is 0 Å². The third-order valence-corrected chi connectivity index (χ3v) is 2.38. The number of rotatable bonds is 7. The Balaban J connectivity index is 4.05.